The number of ketones is 1. The Morgan fingerprint density at radius 3 is 2.27 bits per heavy atom. The third-order valence-corrected chi connectivity index (χ3v) is 4.53. The summed E-state index contributed by atoms with van der Waals surface area (Å²) in [4.78, 5) is 12.7. The molecule has 0 aliphatic rings. The molecule has 0 spiro atoms. The second kappa shape index (κ2) is 6.65. The Morgan fingerprint density at radius 1 is 1.04 bits per heavy atom. The van der Waals surface area contributed by atoms with Gasteiger partial charge in [-0.1, -0.05) is 69.3 Å². The SMILES string of the molecule is Cn1c(-c2ccccc2)c(/C=C(\C#N)C(=O)C(C)(C)C)c2ccccc21. The molecule has 130 valence electrons. The predicted molar refractivity (Wildman–Crippen MR) is 106 cm³/mol. The number of benzene rings is 2. The summed E-state index contributed by atoms with van der Waals surface area (Å²) < 4.78 is 2.12. The lowest BCUT2D eigenvalue weighted by Crippen LogP contribution is -2.21. The second-order valence-electron chi connectivity index (χ2n) is 7.45. The van der Waals surface area contributed by atoms with Crippen molar-refractivity contribution in [3.05, 3.63) is 65.7 Å². The molecule has 3 aromatic rings. The van der Waals surface area contributed by atoms with Crippen LogP contribution in [0.4, 0.5) is 0 Å². The van der Waals surface area contributed by atoms with Crippen LogP contribution in [-0.2, 0) is 11.8 Å². The van der Waals surface area contributed by atoms with Crippen LogP contribution in [0.5, 0.6) is 0 Å². The highest BCUT2D eigenvalue weighted by Crippen LogP contribution is 2.35. The van der Waals surface area contributed by atoms with Crippen LogP contribution in [0.1, 0.15) is 26.3 Å². The van der Waals surface area contributed by atoms with Gasteiger partial charge in [-0.3, -0.25) is 4.79 Å². The number of allylic oxidation sites excluding steroid dienone is 1. The first-order chi connectivity index (χ1) is 12.3. The van der Waals surface area contributed by atoms with E-state index in [-0.39, 0.29) is 11.4 Å². The summed E-state index contributed by atoms with van der Waals surface area (Å²) >= 11 is 0. The van der Waals surface area contributed by atoms with Crippen molar-refractivity contribution in [2.24, 2.45) is 12.5 Å². The number of rotatable bonds is 3. The van der Waals surface area contributed by atoms with E-state index in [2.05, 4.69) is 16.7 Å². The molecular formula is C23H22N2O. The van der Waals surface area contributed by atoms with Crippen molar-refractivity contribution in [3.63, 3.8) is 0 Å². The minimum atomic E-state index is -0.598. The molecule has 0 aliphatic heterocycles. The first-order valence-corrected chi connectivity index (χ1v) is 8.64. The number of para-hydroxylation sites is 1. The Labute approximate surface area is 154 Å². The van der Waals surface area contributed by atoms with E-state index in [1.165, 1.54) is 0 Å². The van der Waals surface area contributed by atoms with Crippen LogP contribution < -0.4 is 0 Å². The summed E-state index contributed by atoms with van der Waals surface area (Å²) in [7, 11) is 2.01. The van der Waals surface area contributed by atoms with Crippen molar-refractivity contribution in [1.82, 2.24) is 4.57 Å². The van der Waals surface area contributed by atoms with Gasteiger partial charge in [0, 0.05) is 28.9 Å². The highest BCUT2D eigenvalue weighted by molar-refractivity contribution is 6.09. The van der Waals surface area contributed by atoms with E-state index < -0.39 is 5.41 Å². The lowest BCUT2D eigenvalue weighted by Gasteiger charge is -2.15. The number of hydrogen-bond donors (Lipinski definition) is 0. The normalized spacial score (nSPS) is 12.2. The third kappa shape index (κ3) is 3.07. The average Bonchev–Trinajstić information content (AvgIpc) is 2.91. The third-order valence-electron chi connectivity index (χ3n) is 4.53. The summed E-state index contributed by atoms with van der Waals surface area (Å²) in [5.74, 6) is -0.146. The Morgan fingerprint density at radius 2 is 1.65 bits per heavy atom. The van der Waals surface area contributed by atoms with Crippen molar-refractivity contribution in [2.45, 2.75) is 20.8 Å². The van der Waals surface area contributed by atoms with E-state index in [4.69, 9.17) is 0 Å². The van der Waals surface area contributed by atoms with Crippen LogP contribution in [0.25, 0.3) is 28.2 Å². The number of fused-ring (bicyclic) bond motifs is 1. The molecule has 3 heteroatoms. The van der Waals surface area contributed by atoms with Gasteiger partial charge in [-0.2, -0.15) is 5.26 Å². The van der Waals surface area contributed by atoms with Gasteiger partial charge in [-0.15, -0.1) is 0 Å². The van der Waals surface area contributed by atoms with Crippen LogP contribution in [-0.4, -0.2) is 10.4 Å². The molecule has 0 N–H and O–H groups in total. The van der Waals surface area contributed by atoms with E-state index in [9.17, 15) is 10.1 Å². The number of nitriles is 1. The van der Waals surface area contributed by atoms with Gasteiger partial charge in [-0.25, -0.2) is 0 Å². The molecule has 0 fully saturated rings. The predicted octanol–water partition coefficient (Wildman–Crippen LogP) is 5.37. The van der Waals surface area contributed by atoms with E-state index in [1.54, 1.807) is 6.08 Å². The first kappa shape index (κ1) is 17.7. The van der Waals surface area contributed by atoms with Gasteiger partial charge in [0.2, 0.25) is 0 Å². The maximum atomic E-state index is 12.7. The lowest BCUT2D eigenvalue weighted by atomic mass is 9.86. The molecule has 3 nitrogen and oxygen atoms in total. The fraction of sp³-hybridized carbons (Fsp3) is 0.217. The minimum Gasteiger partial charge on any atom is -0.343 e. The maximum Gasteiger partial charge on any atom is 0.178 e. The summed E-state index contributed by atoms with van der Waals surface area (Å²) in [6.07, 6.45) is 1.75. The second-order valence-corrected chi connectivity index (χ2v) is 7.45. The van der Waals surface area contributed by atoms with E-state index in [0.29, 0.717) is 0 Å². The molecule has 0 saturated carbocycles. The Kier molecular flexibility index (Phi) is 4.52. The van der Waals surface area contributed by atoms with Gasteiger partial charge in [0.1, 0.15) is 6.07 Å². The van der Waals surface area contributed by atoms with Crippen LogP contribution in [0, 0.1) is 16.7 Å². The van der Waals surface area contributed by atoms with Gasteiger partial charge in [-0.05, 0) is 17.7 Å². The highest BCUT2D eigenvalue weighted by Gasteiger charge is 2.26. The highest BCUT2D eigenvalue weighted by atomic mass is 16.1. The van der Waals surface area contributed by atoms with Crippen molar-refractivity contribution in [2.75, 3.05) is 0 Å². The molecule has 3 rings (SSSR count). The number of nitrogens with zero attached hydrogens (tertiary/aromatic N) is 2. The quantitative estimate of drug-likeness (QED) is 0.474. The van der Waals surface area contributed by atoms with Crippen LogP contribution in [0.3, 0.4) is 0 Å². The first-order valence-electron chi connectivity index (χ1n) is 8.64. The number of aromatic nitrogens is 1. The molecule has 0 bridgehead atoms. The molecule has 1 aromatic heterocycles. The lowest BCUT2D eigenvalue weighted by molar-refractivity contribution is -0.121. The summed E-state index contributed by atoms with van der Waals surface area (Å²) in [5, 5.41) is 10.6. The Bertz CT molecular complexity index is 1040. The van der Waals surface area contributed by atoms with Crippen LogP contribution in [0.15, 0.2) is 60.2 Å². The molecule has 0 amide bonds. The van der Waals surface area contributed by atoms with Crippen molar-refractivity contribution in [3.8, 4) is 17.3 Å². The van der Waals surface area contributed by atoms with Gasteiger partial charge in [0.15, 0.2) is 5.78 Å². The number of aryl methyl sites for hydroxylation is 1. The molecule has 0 unspecified atom stereocenters. The number of carbonyl (C=O) groups is 1. The number of Topliss-reactive ketones (excluding diaryl/α,β-unsaturated/α-hetero) is 1. The average molecular weight is 342 g/mol. The minimum absolute atomic E-state index is 0.146. The fourth-order valence-corrected chi connectivity index (χ4v) is 3.21. The molecule has 26 heavy (non-hydrogen) atoms. The van der Waals surface area contributed by atoms with Crippen LogP contribution >= 0.6 is 0 Å². The molecule has 0 radical (unpaired) electrons. The van der Waals surface area contributed by atoms with E-state index >= 15 is 0 Å². The maximum absolute atomic E-state index is 12.7. The largest absolute Gasteiger partial charge is 0.343 e. The molecule has 1 heterocycles. The van der Waals surface area contributed by atoms with Crippen molar-refractivity contribution >= 4 is 22.8 Å². The summed E-state index contributed by atoms with van der Waals surface area (Å²) in [6.45, 7) is 5.51. The van der Waals surface area contributed by atoms with Crippen molar-refractivity contribution in [1.29, 1.82) is 5.26 Å². The summed E-state index contributed by atoms with van der Waals surface area (Å²) in [5.41, 5.74) is 3.62. The smallest absolute Gasteiger partial charge is 0.178 e. The van der Waals surface area contributed by atoms with Gasteiger partial charge in [0.25, 0.3) is 0 Å². The number of hydrogen-bond acceptors (Lipinski definition) is 2. The van der Waals surface area contributed by atoms with Gasteiger partial charge < -0.3 is 4.57 Å². The molecule has 0 saturated heterocycles. The summed E-state index contributed by atoms with van der Waals surface area (Å²) in [6, 6.07) is 20.2. The fourth-order valence-electron chi connectivity index (χ4n) is 3.21. The standard InChI is InChI=1S/C23H22N2O/c1-23(2,3)22(26)17(15-24)14-19-18-12-8-9-13-20(18)25(4)21(19)16-10-6-5-7-11-16/h5-14H,1-4H3/b17-14+. The van der Waals surface area contributed by atoms with Gasteiger partial charge in [0.05, 0.1) is 11.3 Å². The Hall–Kier alpha value is -3.12. The molecule has 0 aliphatic carbocycles. The molecule has 0 atom stereocenters. The topological polar surface area (TPSA) is 45.8 Å². The molecular weight excluding hydrogens is 320 g/mol. The zero-order chi connectivity index (χ0) is 18.9. The zero-order valence-electron chi connectivity index (χ0n) is 15.6. The van der Waals surface area contributed by atoms with E-state index in [1.807, 2.05) is 76.3 Å². The monoisotopic (exact) mass is 342 g/mol. The van der Waals surface area contributed by atoms with Crippen LogP contribution in [0.2, 0.25) is 0 Å². The van der Waals surface area contributed by atoms with E-state index in [0.717, 1.165) is 27.7 Å². The number of carbonyl (C=O) groups excluding carboxylic acids is 1. The zero-order valence-corrected chi connectivity index (χ0v) is 15.6. The van der Waals surface area contributed by atoms with Crippen molar-refractivity contribution < 1.29 is 4.79 Å². The Balaban J connectivity index is 2.34. The molecule has 2 aromatic carbocycles. The van der Waals surface area contributed by atoms with Gasteiger partial charge >= 0.3 is 0 Å².